The number of halogens is 3. The van der Waals surface area contributed by atoms with E-state index in [4.69, 9.17) is 4.74 Å². The third-order valence-corrected chi connectivity index (χ3v) is 10.00. The first-order chi connectivity index (χ1) is 18.4. The van der Waals surface area contributed by atoms with E-state index < -0.39 is 29.0 Å². The number of benzene rings is 1. The number of aliphatic hydroxyl groups is 1. The summed E-state index contributed by atoms with van der Waals surface area (Å²) in [5.41, 5.74) is -0.104. The molecule has 2 aromatic rings. The number of hydrogen-bond acceptors (Lipinski definition) is 6. The summed E-state index contributed by atoms with van der Waals surface area (Å²) < 4.78 is 47.1. The number of likely N-dealkylation sites (tertiary alicyclic amines) is 2. The van der Waals surface area contributed by atoms with Crippen molar-refractivity contribution in [1.29, 1.82) is 0 Å². The van der Waals surface area contributed by atoms with Crippen LogP contribution in [0.25, 0.3) is 0 Å². The molecule has 0 radical (unpaired) electrons. The van der Waals surface area contributed by atoms with E-state index in [2.05, 4.69) is 10.00 Å². The Morgan fingerprint density at radius 2 is 2.00 bits per heavy atom. The molecule has 4 atom stereocenters. The molecule has 4 heterocycles. The average Bonchev–Trinajstić information content (AvgIpc) is 3.53. The van der Waals surface area contributed by atoms with Crippen LogP contribution >= 0.6 is 0 Å². The number of carbonyl (C=O) groups excluding carboxylic acids is 1. The van der Waals surface area contributed by atoms with Crippen LogP contribution in [0.15, 0.2) is 12.1 Å². The summed E-state index contributed by atoms with van der Waals surface area (Å²) in [4.78, 5) is 17.5. The second-order valence-corrected chi connectivity index (χ2v) is 12.2. The molecule has 2 saturated heterocycles. The molecule has 1 spiro atoms. The summed E-state index contributed by atoms with van der Waals surface area (Å²) in [6.07, 6.45) is -1.37. The number of hydrogen-bond donors (Lipinski definition) is 2. The molecule has 8 nitrogen and oxygen atoms in total. The SMILES string of the molecule is Cc1cc2c3c(c1O)O[C@H]1CN(C(=O)Cc4cc(C(F)(F)F)n(C)n4)CC[C@@]4(O)[C@@H](C2)N(CC2CC2)CC[C@]314. The lowest BCUT2D eigenvalue weighted by molar-refractivity contribution is -0.162. The molecule has 5 aliphatic rings. The van der Waals surface area contributed by atoms with E-state index in [-0.39, 0.29) is 42.9 Å². The normalized spacial score (nSPS) is 31.6. The Labute approximate surface area is 224 Å². The van der Waals surface area contributed by atoms with Gasteiger partial charge in [-0.1, -0.05) is 6.07 Å². The number of aromatic nitrogens is 2. The van der Waals surface area contributed by atoms with Gasteiger partial charge in [-0.25, -0.2) is 0 Å². The van der Waals surface area contributed by atoms with Gasteiger partial charge in [0.25, 0.3) is 0 Å². The van der Waals surface area contributed by atoms with Gasteiger partial charge in [0.15, 0.2) is 11.5 Å². The Morgan fingerprint density at radius 3 is 2.69 bits per heavy atom. The van der Waals surface area contributed by atoms with Crippen LogP contribution in [-0.4, -0.2) is 79.6 Å². The maximum Gasteiger partial charge on any atom is 0.433 e. The zero-order valence-corrected chi connectivity index (χ0v) is 22.1. The quantitative estimate of drug-likeness (QED) is 0.613. The molecule has 2 N–H and O–H groups in total. The second-order valence-electron chi connectivity index (χ2n) is 12.2. The minimum absolute atomic E-state index is 0.0499. The number of phenolic OH excluding ortho intramolecular Hbond substituents is 1. The van der Waals surface area contributed by atoms with Gasteiger partial charge in [-0.2, -0.15) is 18.3 Å². The zero-order chi connectivity index (χ0) is 27.5. The predicted octanol–water partition coefficient (Wildman–Crippen LogP) is 2.70. The van der Waals surface area contributed by atoms with Gasteiger partial charge in [0.2, 0.25) is 5.91 Å². The number of ether oxygens (including phenoxy) is 1. The maximum absolute atomic E-state index is 13.5. The van der Waals surface area contributed by atoms with Crippen LogP contribution in [0.3, 0.4) is 0 Å². The first kappa shape index (κ1) is 25.2. The van der Waals surface area contributed by atoms with Gasteiger partial charge < -0.3 is 19.8 Å². The van der Waals surface area contributed by atoms with Crippen LogP contribution in [0.2, 0.25) is 0 Å². The maximum atomic E-state index is 13.5. The van der Waals surface area contributed by atoms with E-state index in [1.54, 1.807) is 4.90 Å². The highest BCUT2D eigenvalue weighted by Crippen LogP contribution is 2.64. The van der Waals surface area contributed by atoms with Gasteiger partial charge in [0.1, 0.15) is 11.8 Å². The molecule has 2 aliphatic carbocycles. The number of nitrogens with zero attached hydrogens (tertiary/aromatic N) is 4. The first-order valence-corrected chi connectivity index (χ1v) is 13.8. The lowest BCUT2D eigenvalue weighted by Gasteiger charge is -2.60. The molecular formula is C28H33F3N4O4. The van der Waals surface area contributed by atoms with Crippen LogP contribution in [0, 0.1) is 12.8 Å². The van der Waals surface area contributed by atoms with Crippen molar-refractivity contribution in [1.82, 2.24) is 19.6 Å². The summed E-state index contributed by atoms with van der Waals surface area (Å²) in [6, 6.07) is 2.79. The second kappa shape index (κ2) is 8.13. The fourth-order valence-electron chi connectivity index (χ4n) is 7.99. The molecule has 1 amide bonds. The highest BCUT2D eigenvalue weighted by atomic mass is 19.4. The zero-order valence-electron chi connectivity index (χ0n) is 22.1. The van der Waals surface area contributed by atoms with Crippen LogP contribution < -0.4 is 4.74 Å². The number of aromatic hydroxyl groups is 1. The highest BCUT2D eigenvalue weighted by molar-refractivity contribution is 5.79. The Kier molecular flexibility index (Phi) is 5.25. The van der Waals surface area contributed by atoms with Crippen molar-refractivity contribution in [2.24, 2.45) is 13.0 Å². The highest BCUT2D eigenvalue weighted by Gasteiger charge is 2.71. The third kappa shape index (κ3) is 3.51. The molecule has 1 aromatic carbocycles. The van der Waals surface area contributed by atoms with Crippen molar-refractivity contribution in [3.8, 4) is 11.5 Å². The predicted molar refractivity (Wildman–Crippen MR) is 133 cm³/mol. The molecular weight excluding hydrogens is 513 g/mol. The first-order valence-electron chi connectivity index (χ1n) is 13.8. The smallest absolute Gasteiger partial charge is 0.433 e. The van der Waals surface area contributed by atoms with Crippen LogP contribution in [-0.2, 0) is 36.3 Å². The van der Waals surface area contributed by atoms with Crippen LogP contribution in [0.5, 0.6) is 11.5 Å². The molecule has 0 unspecified atom stereocenters. The standard InChI is InChI=1S/C28H33F3N4O4/c1-15-9-17-10-19-27(38)6-8-35(22(36)12-18-11-20(28(29,30)31)33(2)32-18)14-21-26(27,23(17)25(39-21)24(15)37)5-7-34(19)13-16-3-4-16/h9,11,16,19,21,37-38H,3-8,10,12-14H2,1-2H3/t19-,21+,26-,27-/m1/s1. The van der Waals surface area contributed by atoms with Crippen molar-refractivity contribution in [3.63, 3.8) is 0 Å². The number of amides is 1. The van der Waals surface area contributed by atoms with Gasteiger partial charge in [-0.05, 0) is 68.7 Å². The Balaban J connectivity index is 1.25. The van der Waals surface area contributed by atoms with E-state index in [0.717, 1.165) is 40.5 Å². The summed E-state index contributed by atoms with van der Waals surface area (Å²) in [6.45, 7) is 4.04. The molecule has 210 valence electrons. The number of carbonyl (C=O) groups is 1. The molecule has 39 heavy (non-hydrogen) atoms. The van der Waals surface area contributed by atoms with Crippen LogP contribution in [0.4, 0.5) is 13.2 Å². The summed E-state index contributed by atoms with van der Waals surface area (Å²) in [5.74, 6) is 0.783. The van der Waals surface area contributed by atoms with Crippen LogP contribution in [0.1, 0.15) is 53.8 Å². The van der Waals surface area contributed by atoms with Crippen molar-refractivity contribution >= 4 is 5.91 Å². The average molecular weight is 547 g/mol. The van der Waals surface area contributed by atoms with Gasteiger partial charge in [0.05, 0.1) is 29.7 Å². The van der Waals surface area contributed by atoms with Gasteiger partial charge in [-0.3, -0.25) is 14.4 Å². The molecule has 3 fully saturated rings. The minimum atomic E-state index is -4.56. The lowest BCUT2D eigenvalue weighted by atomic mass is 9.52. The fourth-order valence-corrected chi connectivity index (χ4v) is 7.99. The molecule has 3 aliphatic heterocycles. The Morgan fingerprint density at radius 1 is 1.23 bits per heavy atom. The Hall–Kier alpha value is -2.79. The number of phenols is 1. The van der Waals surface area contributed by atoms with Gasteiger partial charge >= 0.3 is 6.18 Å². The summed E-state index contributed by atoms with van der Waals surface area (Å²) in [5, 5.41) is 27.6. The van der Waals surface area contributed by atoms with Crippen molar-refractivity contribution < 1.29 is 32.9 Å². The Bertz CT molecular complexity index is 1370. The largest absolute Gasteiger partial charge is 0.504 e. The topological polar surface area (TPSA) is 91.1 Å². The van der Waals surface area contributed by atoms with E-state index in [9.17, 15) is 28.2 Å². The number of aryl methyl sites for hydroxylation is 2. The third-order valence-electron chi connectivity index (χ3n) is 10.00. The van der Waals surface area contributed by atoms with Gasteiger partial charge in [-0.15, -0.1) is 0 Å². The van der Waals surface area contributed by atoms with E-state index in [0.29, 0.717) is 30.9 Å². The lowest BCUT2D eigenvalue weighted by Crippen LogP contribution is -2.74. The molecule has 7 rings (SSSR count). The van der Waals surface area contributed by atoms with Gasteiger partial charge in [0, 0.05) is 31.7 Å². The molecule has 2 bridgehead atoms. The van der Waals surface area contributed by atoms with Crippen molar-refractivity contribution in [3.05, 3.63) is 40.2 Å². The molecule has 1 saturated carbocycles. The summed E-state index contributed by atoms with van der Waals surface area (Å²) >= 11 is 0. The van der Waals surface area contributed by atoms with E-state index >= 15 is 0 Å². The monoisotopic (exact) mass is 546 g/mol. The minimum Gasteiger partial charge on any atom is -0.504 e. The van der Waals surface area contributed by atoms with Crippen molar-refractivity contribution in [2.75, 3.05) is 26.2 Å². The van der Waals surface area contributed by atoms with E-state index in [1.807, 2.05) is 13.0 Å². The molecule has 11 heteroatoms. The number of piperidine rings is 1. The van der Waals surface area contributed by atoms with Crippen molar-refractivity contribution in [2.45, 2.75) is 74.8 Å². The number of alkyl halides is 3. The number of rotatable bonds is 4. The van der Waals surface area contributed by atoms with E-state index in [1.165, 1.54) is 19.9 Å². The molecule has 1 aromatic heterocycles. The summed E-state index contributed by atoms with van der Waals surface area (Å²) in [7, 11) is 1.21. The fraction of sp³-hybridized carbons (Fsp3) is 0.643.